The number of nitrogens with zero attached hydrogens (tertiary/aromatic N) is 3. The average Bonchev–Trinajstić information content (AvgIpc) is 2.90. The number of carbonyl (C=O) groups is 2. The number of amides is 2. The van der Waals surface area contributed by atoms with E-state index in [1.54, 1.807) is 6.92 Å². The summed E-state index contributed by atoms with van der Waals surface area (Å²) in [5.41, 5.74) is -0.835. The number of nitriles is 1. The van der Waals surface area contributed by atoms with Gasteiger partial charge in [-0.15, -0.1) is 0 Å². The van der Waals surface area contributed by atoms with Crippen LogP contribution in [0.2, 0.25) is 0 Å². The lowest BCUT2D eigenvalue weighted by molar-refractivity contribution is -0.137. The van der Waals surface area contributed by atoms with Crippen LogP contribution < -0.4 is 5.32 Å². The molecule has 26 heavy (non-hydrogen) atoms. The first-order valence-corrected chi connectivity index (χ1v) is 10.1. The zero-order chi connectivity index (χ0) is 19.2. The van der Waals surface area contributed by atoms with Crippen LogP contribution in [-0.2, 0) is 9.59 Å². The van der Waals surface area contributed by atoms with Gasteiger partial charge in [0.15, 0.2) is 0 Å². The fourth-order valence-electron chi connectivity index (χ4n) is 3.72. The van der Waals surface area contributed by atoms with Crippen molar-refractivity contribution in [2.24, 2.45) is 11.8 Å². The first kappa shape index (κ1) is 20.7. The fraction of sp³-hybridized carbons (Fsp3) is 0.850. The number of piperidine rings is 1. The van der Waals surface area contributed by atoms with Crippen LogP contribution in [0.25, 0.3) is 0 Å². The highest BCUT2D eigenvalue weighted by molar-refractivity contribution is 5.80. The van der Waals surface area contributed by atoms with E-state index in [1.165, 1.54) is 12.8 Å². The van der Waals surface area contributed by atoms with Gasteiger partial charge in [-0.25, -0.2) is 0 Å². The molecule has 2 aliphatic heterocycles. The van der Waals surface area contributed by atoms with Crippen molar-refractivity contribution < 1.29 is 9.59 Å². The van der Waals surface area contributed by atoms with Gasteiger partial charge < -0.3 is 10.2 Å². The van der Waals surface area contributed by atoms with Crippen molar-refractivity contribution in [1.29, 1.82) is 5.26 Å². The maximum Gasteiger partial charge on any atom is 0.235 e. The molecule has 6 nitrogen and oxygen atoms in total. The molecule has 146 valence electrons. The van der Waals surface area contributed by atoms with Gasteiger partial charge in [0.05, 0.1) is 12.6 Å². The van der Waals surface area contributed by atoms with Crippen LogP contribution in [-0.4, -0.2) is 59.9 Å². The van der Waals surface area contributed by atoms with Crippen molar-refractivity contribution >= 4 is 11.8 Å². The number of carbonyl (C=O) groups excluding carboxylic acids is 2. The highest BCUT2D eigenvalue weighted by Crippen LogP contribution is 2.22. The standard InChI is InChI=1S/C20H34N4O2/c1-16(2)20(3,15-21)22-18(25)14-23-12-8-17(9-13-23)19(26)24-10-6-4-5-7-11-24/h16-17H,4-14H2,1-3H3,(H,22,25)/t20-/m0/s1. The van der Waals surface area contributed by atoms with E-state index in [0.29, 0.717) is 12.5 Å². The van der Waals surface area contributed by atoms with Crippen molar-refractivity contribution in [1.82, 2.24) is 15.1 Å². The second-order valence-electron chi connectivity index (χ2n) is 8.31. The molecule has 0 aromatic carbocycles. The molecular weight excluding hydrogens is 328 g/mol. The van der Waals surface area contributed by atoms with Crippen LogP contribution in [0.4, 0.5) is 0 Å². The third-order valence-corrected chi connectivity index (χ3v) is 6.01. The second-order valence-corrected chi connectivity index (χ2v) is 8.31. The van der Waals surface area contributed by atoms with Crippen molar-refractivity contribution in [3.8, 4) is 6.07 Å². The molecule has 0 saturated carbocycles. The number of likely N-dealkylation sites (tertiary alicyclic amines) is 2. The zero-order valence-corrected chi connectivity index (χ0v) is 16.6. The van der Waals surface area contributed by atoms with Crippen molar-refractivity contribution in [3.05, 3.63) is 0 Å². The van der Waals surface area contributed by atoms with Crippen molar-refractivity contribution in [2.75, 3.05) is 32.7 Å². The van der Waals surface area contributed by atoms with E-state index in [-0.39, 0.29) is 17.7 Å². The summed E-state index contributed by atoms with van der Waals surface area (Å²) in [5.74, 6) is 0.355. The predicted octanol–water partition coefficient (Wildman–Crippen LogP) is 2.16. The van der Waals surface area contributed by atoms with Gasteiger partial charge in [-0.05, 0) is 51.6 Å². The third-order valence-electron chi connectivity index (χ3n) is 6.01. The minimum Gasteiger partial charge on any atom is -0.342 e. The highest BCUT2D eigenvalue weighted by Gasteiger charge is 2.32. The SMILES string of the molecule is CC(C)[C@](C)(C#N)NC(=O)CN1CCC(C(=O)N2CCCCCC2)CC1. The molecule has 1 N–H and O–H groups in total. The molecule has 0 spiro atoms. The van der Waals surface area contributed by atoms with Gasteiger partial charge in [0, 0.05) is 19.0 Å². The van der Waals surface area contributed by atoms with Crippen LogP contribution >= 0.6 is 0 Å². The second kappa shape index (κ2) is 9.36. The smallest absolute Gasteiger partial charge is 0.235 e. The van der Waals surface area contributed by atoms with E-state index >= 15 is 0 Å². The summed E-state index contributed by atoms with van der Waals surface area (Å²) in [6, 6.07) is 2.21. The molecule has 6 heteroatoms. The quantitative estimate of drug-likeness (QED) is 0.813. The van der Waals surface area contributed by atoms with Gasteiger partial charge in [-0.2, -0.15) is 5.26 Å². The minimum atomic E-state index is -0.835. The highest BCUT2D eigenvalue weighted by atomic mass is 16.2. The van der Waals surface area contributed by atoms with Crippen molar-refractivity contribution in [2.45, 2.75) is 64.8 Å². The summed E-state index contributed by atoms with van der Waals surface area (Å²) < 4.78 is 0. The van der Waals surface area contributed by atoms with Gasteiger partial charge in [0.25, 0.3) is 0 Å². The fourth-order valence-corrected chi connectivity index (χ4v) is 3.72. The average molecular weight is 363 g/mol. The van der Waals surface area contributed by atoms with E-state index < -0.39 is 5.54 Å². The maximum absolute atomic E-state index is 12.7. The van der Waals surface area contributed by atoms with Gasteiger partial charge in [-0.1, -0.05) is 26.7 Å². The van der Waals surface area contributed by atoms with Crippen LogP contribution in [0, 0.1) is 23.2 Å². The number of hydrogen-bond acceptors (Lipinski definition) is 4. The van der Waals surface area contributed by atoms with Crippen LogP contribution in [0.5, 0.6) is 0 Å². The van der Waals surface area contributed by atoms with Crippen LogP contribution in [0.1, 0.15) is 59.3 Å². The Morgan fingerprint density at radius 1 is 1.12 bits per heavy atom. The Labute approximate surface area is 157 Å². The molecule has 0 aromatic heterocycles. The number of hydrogen-bond donors (Lipinski definition) is 1. The molecule has 2 amide bonds. The summed E-state index contributed by atoms with van der Waals surface area (Å²) in [7, 11) is 0. The molecule has 2 aliphatic rings. The number of nitrogens with one attached hydrogen (secondary N) is 1. The summed E-state index contributed by atoms with van der Waals surface area (Å²) in [6.07, 6.45) is 6.35. The summed E-state index contributed by atoms with van der Waals surface area (Å²) in [5, 5.41) is 12.2. The van der Waals surface area contributed by atoms with Gasteiger partial charge in [-0.3, -0.25) is 14.5 Å². The van der Waals surface area contributed by atoms with Crippen LogP contribution in [0.15, 0.2) is 0 Å². The Morgan fingerprint density at radius 2 is 1.69 bits per heavy atom. The zero-order valence-electron chi connectivity index (χ0n) is 16.6. The molecule has 2 rings (SSSR count). The lowest BCUT2D eigenvalue weighted by Gasteiger charge is -2.34. The molecule has 0 aliphatic carbocycles. The van der Waals surface area contributed by atoms with Crippen molar-refractivity contribution in [3.63, 3.8) is 0 Å². The summed E-state index contributed by atoms with van der Waals surface area (Å²) in [6.45, 7) is 9.28. The molecule has 2 heterocycles. The van der Waals surface area contributed by atoms with E-state index in [1.807, 2.05) is 13.8 Å². The molecule has 2 fully saturated rings. The summed E-state index contributed by atoms with van der Waals surface area (Å²) >= 11 is 0. The molecule has 0 radical (unpaired) electrons. The first-order chi connectivity index (χ1) is 12.4. The van der Waals surface area contributed by atoms with Crippen LogP contribution in [0.3, 0.4) is 0 Å². The van der Waals surface area contributed by atoms with Gasteiger partial charge >= 0.3 is 0 Å². The lowest BCUT2D eigenvalue weighted by atomic mass is 9.90. The maximum atomic E-state index is 12.7. The Kier molecular flexibility index (Phi) is 7.45. The predicted molar refractivity (Wildman–Crippen MR) is 101 cm³/mol. The van der Waals surface area contributed by atoms with Gasteiger partial charge in [0.1, 0.15) is 5.54 Å². The molecule has 1 atom stereocenters. The molecule has 0 aromatic rings. The Bertz CT molecular complexity index is 526. The third kappa shape index (κ3) is 5.44. The van der Waals surface area contributed by atoms with Gasteiger partial charge in [0.2, 0.25) is 11.8 Å². The largest absolute Gasteiger partial charge is 0.342 e. The van der Waals surface area contributed by atoms with E-state index in [2.05, 4.69) is 21.2 Å². The lowest BCUT2D eigenvalue weighted by Crippen LogP contribution is -2.53. The summed E-state index contributed by atoms with van der Waals surface area (Å²) in [4.78, 5) is 29.2. The monoisotopic (exact) mass is 362 g/mol. The Morgan fingerprint density at radius 3 is 2.19 bits per heavy atom. The molecular formula is C20H34N4O2. The van der Waals surface area contributed by atoms with E-state index in [9.17, 15) is 14.9 Å². The minimum absolute atomic E-state index is 0.0495. The van der Waals surface area contributed by atoms with E-state index in [4.69, 9.17) is 0 Å². The number of rotatable bonds is 5. The Hall–Kier alpha value is -1.61. The van der Waals surface area contributed by atoms with E-state index in [0.717, 1.165) is 51.9 Å². The molecule has 2 saturated heterocycles. The molecule has 0 unspecified atom stereocenters. The normalized spacial score (nSPS) is 22.3. The molecule has 0 bridgehead atoms. The topological polar surface area (TPSA) is 76.4 Å². The first-order valence-electron chi connectivity index (χ1n) is 10.1. The Balaban J connectivity index is 1.78.